The van der Waals surface area contributed by atoms with E-state index in [0.29, 0.717) is 13.2 Å². The maximum absolute atomic E-state index is 12.7. The first-order chi connectivity index (χ1) is 13.6. The molecule has 3 heterocycles. The number of nitrogens with zero attached hydrogens (tertiary/aromatic N) is 3. The van der Waals surface area contributed by atoms with Crippen LogP contribution in [0.4, 0.5) is 5.69 Å². The van der Waals surface area contributed by atoms with Gasteiger partial charge in [0, 0.05) is 29.9 Å². The van der Waals surface area contributed by atoms with Crippen molar-refractivity contribution in [1.29, 1.82) is 0 Å². The standard InChI is InChI=1S/C20H23N5O2S/c1-13-11-28-20(23-13)18-10-25(7-8-27-18)14(2)19(26)24-16-5-3-15(4-6-16)17-9-21-12-22-17/h3-6,9,11-12,14,18H,7-8,10H2,1-2H3,(H,21,22)(H,24,26)/t14-,18-/m1/s1. The summed E-state index contributed by atoms with van der Waals surface area (Å²) >= 11 is 1.61. The Hall–Kier alpha value is -2.55. The molecule has 0 radical (unpaired) electrons. The molecule has 1 fully saturated rings. The molecular weight excluding hydrogens is 374 g/mol. The lowest BCUT2D eigenvalue weighted by molar-refractivity contribution is -0.124. The van der Waals surface area contributed by atoms with E-state index >= 15 is 0 Å². The third kappa shape index (κ3) is 4.14. The first-order valence-corrected chi connectivity index (χ1v) is 10.2. The summed E-state index contributed by atoms with van der Waals surface area (Å²) in [7, 11) is 0. The van der Waals surface area contributed by atoms with Gasteiger partial charge >= 0.3 is 0 Å². The van der Waals surface area contributed by atoms with E-state index < -0.39 is 0 Å². The number of ether oxygens (including phenoxy) is 1. The summed E-state index contributed by atoms with van der Waals surface area (Å²) in [6.07, 6.45) is 3.35. The lowest BCUT2D eigenvalue weighted by Crippen LogP contribution is -2.48. The summed E-state index contributed by atoms with van der Waals surface area (Å²) in [6, 6.07) is 7.48. The Morgan fingerprint density at radius 1 is 1.39 bits per heavy atom. The molecule has 8 heteroatoms. The van der Waals surface area contributed by atoms with Crippen LogP contribution in [0.1, 0.15) is 23.7 Å². The van der Waals surface area contributed by atoms with E-state index in [1.54, 1.807) is 23.9 Å². The Morgan fingerprint density at radius 2 is 2.21 bits per heavy atom. The molecule has 0 aliphatic carbocycles. The van der Waals surface area contributed by atoms with Crippen LogP contribution in [0.15, 0.2) is 42.2 Å². The molecule has 146 valence electrons. The first kappa shape index (κ1) is 18.8. The lowest BCUT2D eigenvalue weighted by Gasteiger charge is -2.35. The van der Waals surface area contributed by atoms with Crippen molar-refractivity contribution in [2.75, 3.05) is 25.0 Å². The van der Waals surface area contributed by atoms with Crippen molar-refractivity contribution in [3.63, 3.8) is 0 Å². The Kier molecular flexibility index (Phi) is 5.52. The fraction of sp³-hybridized carbons (Fsp3) is 0.350. The van der Waals surface area contributed by atoms with Crippen molar-refractivity contribution in [2.45, 2.75) is 26.0 Å². The summed E-state index contributed by atoms with van der Waals surface area (Å²) in [5.41, 5.74) is 3.76. The Morgan fingerprint density at radius 3 is 2.89 bits per heavy atom. The third-order valence-corrected chi connectivity index (χ3v) is 5.95. The molecule has 2 atom stereocenters. The van der Waals surface area contributed by atoms with E-state index in [2.05, 4.69) is 25.2 Å². The van der Waals surface area contributed by atoms with Gasteiger partial charge in [-0.3, -0.25) is 9.69 Å². The van der Waals surface area contributed by atoms with Crippen LogP contribution in [0, 0.1) is 6.92 Å². The van der Waals surface area contributed by atoms with Crippen molar-refractivity contribution < 1.29 is 9.53 Å². The minimum Gasteiger partial charge on any atom is -0.368 e. The van der Waals surface area contributed by atoms with Crippen molar-refractivity contribution >= 4 is 22.9 Å². The molecular formula is C20H23N5O2S. The van der Waals surface area contributed by atoms with Gasteiger partial charge in [-0.1, -0.05) is 12.1 Å². The number of hydrogen-bond donors (Lipinski definition) is 2. The average molecular weight is 398 g/mol. The molecule has 1 amide bonds. The number of aromatic nitrogens is 3. The zero-order valence-corrected chi connectivity index (χ0v) is 16.7. The number of carbonyl (C=O) groups is 1. The molecule has 1 aliphatic heterocycles. The predicted molar refractivity (Wildman–Crippen MR) is 109 cm³/mol. The van der Waals surface area contributed by atoms with E-state index in [9.17, 15) is 4.79 Å². The molecule has 2 N–H and O–H groups in total. The minimum atomic E-state index is -0.250. The van der Waals surface area contributed by atoms with Gasteiger partial charge in [0.15, 0.2) is 0 Å². The number of aryl methyl sites for hydroxylation is 1. The van der Waals surface area contributed by atoms with E-state index in [1.807, 2.05) is 43.5 Å². The van der Waals surface area contributed by atoms with Crippen molar-refractivity contribution in [3.05, 3.63) is 52.9 Å². The largest absolute Gasteiger partial charge is 0.368 e. The van der Waals surface area contributed by atoms with Crippen LogP contribution in [0.3, 0.4) is 0 Å². The molecule has 1 aliphatic rings. The molecule has 0 bridgehead atoms. The van der Waals surface area contributed by atoms with E-state index in [1.165, 1.54) is 0 Å². The van der Waals surface area contributed by atoms with Crippen LogP contribution in [0.2, 0.25) is 0 Å². The van der Waals surface area contributed by atoms with Crippen LogP contribution in [-0.2, 0) is 9.53 Å². The molecule has 3 aromatic rings. The van der Waals surface area contributed by atoms with Crippen LogP contribution in [0.5, 0.6) is 0 Å². The Labute approximate surface area is 167 Å². The zero-order chi connectivity index (χ0) is 19.5. The number of thiazole rings is 1. The maximum Gasteiger partial charge on any atom is 0.241 e. The molecule has 4 rings (SSSR count). The SMILES string of the molecule is Cc1csc([C@H]2CN([C@H](C)C(=O)Nc3ccc(-c4cnc[nH]4)cc3)CCO2)n1. The van der Waals surface area contributed by atoms with Gasteiger partial charge in [0.25, 0.3) is 0 Å². The van der Waals surface area contributed by atoms with E-state index in [0.717, 1.165) is 34.2 Å². The molecule has 7 nitrogen and oxygen atoms in total. The summed E-state index contributed by atoms with van der Waals surface area (Å²) < 4.78 is 5.87. The smallest absolute Gasteiger partial charge is 0.241 e. The number of H-pyrrole nitrogens is 1. The van der Waals surface area contributed by atoms with E-state index in [-0.39, 0.29) is 18.1 Å². The highest BCUT2D eigenvalue weighted by atomic mass is 32.1. The third-order valence-electron chi connectivity index (χ3n) is 4.90. The van der Waals surface area contributed by atoms with Gasteiger partial charge in [-0.15, -0.1) is 11.3 Å². The summed E-state index contributed by atoms with van der Waals surface area (Å²) in [4.78, 5) is 26.5. The van der Waals surface area contributed by atoms with Crippen LogP contribution in [0.25, 0.3) is 11.3 Å². The quantitative estimate of drug-likeness (QED) is 0.691. The second-order valence-corrected chi connectivity index (χ2v) is 7.78. The predicted octanol–water partition coefficient (Wildman–Crippen LogP) is 3.24. The normalized spacial score (nSPS) is 18.7. The number of anilines is 1. The lowest BCUT2D eigenvalue weighted by atomic mass is 10.1. The first-order valence-electron chi connectivity index (χ1n) is 9.27. The Bertz CT molecular complexity index is 922. The molecule has 0 spiro atoms. The van der Waals surface area contributed by atoms with Gasteiger partial charge in [-0.05, 0) is 31.5 Å². The summed E-state index contributed by atoms with van der Waals surface area (Å²) in [5.74, 6) is -0.0229. The molecule has 1 saturated heterocycles. The monoisotopic (exact) mass is 397 g/mol. The van der Waals surface area contributed by atoms with Gasteiger partial charge in [-0.2, -0.15) is 0 Å². The number of amides is 1. The number of aromatic amines is 1. The van der Waals surface area contributed by atoms with Crippen LogP contribution >= 0.6 is 11.3 Å². The number of carbonyl (C=O) groups excluding carboxylic acids is 1. The highest BCUT2D eigenvalue weighted by Gasteiger charge is 2.30. The van der Waals surface area contributed by atoms with Crippen LogP contribution in [-0.4, -0.2) is 51.5 Å². The average Bonchev–Trinajstić information content (AvgIpc) is 3.40. The second kappa shape index (κ2) is 8.22. The van der Waals surface area contributed by atoms with Crippen molar-refractivity contribution in [1.82, 2.24) is 19.9 Å². The molecule has 0 saturated carbocycles. The molecule has 0 unspecified atom stereocenters. The van der Waals surface area contributed by atoms with Gasteiger partial charge < -0.3 is 15.0 Å². The van der Waals surface area contributed by atoms with Gasteiger partial charge in [0.05, 0.1) is 30.9 Å². The van der Waals surface area contributed by atoms with Crippen molar-refractivity contribution in [3.8, 4) is 11.3 Å². The zero-order valence-electron chi connectivity index (χ0n) is 15.9. The number of morpholine rings is 1. The molecule has 2 aromatic heterocycles. The maximum atomic E-state index is 12.7. The highest BCUT2D eigenvalue weighted by Crippen LogP contribution is 2.26. The van der Waals surface area contributed by atoms with Gasteiger partial charge in [0.1, 0.15) is 11.1 Å². The number of rotatable bonds is 5. The van der Waals surface area contributed by atoms with Crippen molar-refractivity contribution in [2.24, 2.45) is 0 Å². The number of nitrogens with one attached hydrogen (secondary N) is 2. The highest BCUT2D eigenvalue weighted by molar-refractivity contribution is 7.09. The number of imidazole rings is 1. The molecule has 1 aromatic carbocycles. The Balaban J connectivity index is 1.37. The second-order valence-electron chi connectivity index (χ2n) is 6.89. The fourth-order valence-electron chi connectivity index (χ4n) is 3.25. The van der Waals surface area contributed by atoms with Crippen LogP contribution < -0.4 is 5.32 Å². The topological polar surface area (TPSA) is 83.1 Å². The number of benzene rings is 1. The van der Waals surface area contributed by atoms with Gasteiger partial charge in [-0.25, -0.2) is 9.97 Å². The minimum absolute atomic E-state index is 0.0229. The van der Waals surface area contributed by atoms with E-state index in [4.69, 9.17) is 4.74 Å². The molecule has 28 heavy (non-hydrogen) atoms. The van der Waals surface area contributed by atoms with Gasteiger partial charge in [0.2, 0.25) is 5.91 Å². The summed E-state index contributed by atoms with van der Waals surface area (Å²) in [6.45, 7) is 5.91. The fourth-order valence-corrected chi connectivity index (χ4v) is 4.08. The summed E-state index contributed by atoms with van der Waals surface area (Å²) in [5, 5.41) is 6.01. The number of hydrogen-bond acceptors (Lipinski definition) is 6.